The summed E-state index contributed by atoms with van der Waals surface area (Å²) in [6, 6.07) is 10.2. The van der Waals surface area contributed by atoms with E-state index in [9.17, 15) is 18.0 Å². The van der Waals surface area contributed by atoms with Gasteiger partial charge in [0.1, 0.15) is 5.75 Å². The normalized spacial score (nSPS) is 16.0. The molecule has 134 valence electrons. The largest absolute Gasteiger partial charge is 0.423 e. The second kappa shape index (κ2) is 6.20. The molecule has 0 aromatic heterocycles. The highest BCUT2D eigenvalue weighted by atomic mass is 19.4. The van der Waals surface area contributed by atoms with Crippen molar-refractivity contribution in [1.29, 1.82) is 0 Å². The lowest BCUT2D eigenvalue weighted by Crippen LogP contribution is -2.36. The van der Waals surface area contributed by atoms with E-state index >= 15 is 0 Å². The van der Waals surface area contributed by atoms with Gasteiger partial charge in [-0.3, -0.25) is 0 Å². The summed E-state index contributed by atoms with van der Waals surface area (Å²) in [5, 5.41) is 0. The fraction of sp³-hybridized carbons (Fsp3) is 0.250. The Balaban J connectivity index is 1.56. The van der Waals surface area contributed by atoms with Crippen molar-refractivity contribution in [2.24, 2.45) is 0 Å². The van der Waals surface area contributed by atoms with Crippen molar-refractivity contribution in [3.63, 3.8) is 0 Å². The first-order valence-electron chi connectivity index (χ1n) is 8.39. The smallest absolute Gasteiger partial charge is 0.416 e. The summed E-state index contributed by atoms with van der Waals surface area (Å²) in [4.78, 5) is 14.6. The van der Waals surface area contributed by atoms with E-state index in [1.165, 1.54) is 11.3 Å². The molecule has 0 spiro atoms. The zero-order chi connectivity index (χ0) is 18.3. The maximum Gasteiger partial charge on any atom is 0.416 e. The number of carbonyl (C=O) groups is 1. The van der Waals surface area contributed by atoms with Crippen LogP contribution in [-0.4, -0.2) is 19.1 Å². The maximum absolute atomic E-state index is 12.6. The molecule has 0 saturated carbocycles. The molecule has 6 heteroatoms. The molecule has 0 aliphatic carbocycles. The molecular weight excluding hydrogens is 343 g/mol. The number of para-hydroxylation sites is 1. The molecule has 0 amide bonds. The van der Waals surface area contributed by atoms with E-state index in [4.69, 9.17) is 4.74 Å². The molecule has 2 heterocycles. The Labute approximate surface area is 148 Å². The van der Waals surface area contributed by atoms with Crippen LogP contribution in [-0.2, 0) is 17.4 Å². The Hall–Kier alpha value is -2.76. The van der Waals surface area contributed by atoms with Crippen LogP contribution in [0.1, 0.15) is 23.1 Å². The number of carbonyl (C=O) groups excluding carboxylic acids is 1. The zero-order valence-corrected chi connectivity index (χ0v) is 13.8. The summed E-state index contributed by atoms with van der Waals surface area (Å²) in [6.07, 6.45) is -0.548. The van der Waals surface area contributed by atoms with Crippen LogP contribution >= 0.6 is 0 Å². The van der Waals surface area contributed by atoms with Gasteiger partial charge in [-0.1, -0.05) is 18.2 Å². The number of alkyl halides is 3. The summed E-state index contributed by atoms with van der Waals surface area (Å²) >= 11 is 0. The Kier molecular flexibility index (Phi) is 3.98. The van der Waals surface area contributed by atoms with E-state index < -0.39 is 17.7 Å². The highest BCUT2D eigenvalue weighted by molar-refractivity contribution is 5.99. The first-order chi connectivity index (χ1) is 12.4. The van der Waals surface area contributed by atoms with Gasteiger partial charge in [-0.15, -0.1) is 0 Å². The summed E-state index contributed by atoms with van der Waals surface area (Å²) in [5.74, 6) is -0.437. The summed E-state index contributed by atoms with van der Waals surface area (Å²) in [7, 11) is 0. The Morgan fingerprint density at radius 3 is 2.58 bits per heavy atom. The quantitative estimate of drug-likeness (QED) is 0.586. The molecule has 0 bridgehead atoms. The van der Waals surface area contributed by atoms with Gasteiger partial charge < -0.3 is 9.64 Å². The standard InChI is InChI=1S/C20H16F3NO2/c21-20(22,23)16-6-8-17(9-7-16)26-19(25)15-11-14-4-1-3-13-5-2-10-24(12-15)18(13)14/h1,3-4,6-9,11H,2,5,10,12H2. The third kappa shape index (κ3) is 3.07. The molecule has 2 aromatic rings. The van der Waals surface area contributed by atoms with Crippen molar-refractivity contribution in [1.82, 2.24) is 0 Å². The average Bonchev–Trinajstić information content (AvgIpc) is 2.62. The number of anilines is 1. The lowest BCUT2D eigenvalue weighted by Gasteiger charge is -2.35. The van der Waals surface area contributed by atoms with Crippen molar-refractivity contribution in [3.05, 3.63) is 64.7 Å². The molecule has 0 atom stereocenters. The van der Waals surface area contributed by atoms with Gasteiger partial charge >= 0.3 is 12.1 Å². The number of aryl methyl sites for hydroxylation is 1. The molecule has 0 N–H and O–H groups in total. The number of esters is 1. The van der Waals surface area contributed by atoms with Crippen LogP contribution in [0.25, 0.3) is 6.08 Å². The predicted octanol–water partition coefficient (Wildman–Crippen LogP) is 4.46. The van der Waals surface area contributed by atoms with Gasteiger partial charge in [-0.25, -0.2) is 4.79 Å². The Morgan fingerprint density at radius 2 is 1.85 bits per heavy atom. The van der Waals surface area contributed by atoms with Crippen molar-refractivity contribution in [2.75, 3.05) is 18.0 Å². The first kappa shape index (κ1) is 16.7. The van der Waals surface area contributed by atoms with Crippen molar-refractivity contribution in [3.8, 4) is 5.75 Å². The summed E-state index contributed by atoms with van der Waals surface area (Å²) < 4.78 is 43.1. The van der Waals surface area contributed by atoms with Crippen LogP contribution in [0, 0.1) is 0 Å². The molecule has 0 radical (unpaired) electrons. The van der Waals surface area contributed by atoms with E-state index in [0.717, 1.165) is 49.2 Å². The van der Waals surface area contributed by atoms with E-state index in [1.807, 2.05) is 18.2 Å². The SMILES string of the molecule is O=C(Oc1ccc(C(F)(F)F)cc1)C1=Cc2cccc3c2N(CCC3)C1. The van der Waals surface area contributed by atoms with E-state index in [2.05, 4.69) is 11.0 Å². The molecular formula is C20H16F3NO2. The van der Waals surface area contributed by atoms with Gasteiger partial charge in [0.25, 0.3) is 0 Å². The van der Waals surface area contributed by atoms with Crippen LogP contribution in [0.4, 0.5) is 18.9 Å². The van der Waals surface area contributed by atoms with Gasteiger partial charge in [0.05, 0.1) is 17.7 Å². The molecule has 2 aromatic carbocycles. The molecule has 26 heavy (non-hydrogen) atoms. The second-order valence-corrected chi connectivity index (χ2v) is 6.46. The van der Waals surface area contributed by atoms with Gasteiger partial charge in [-0.2, -0.15) is 13.2 Å². The Bertz CT molecular complexity index is 885. The number of benzene rings is 2. The number of hydrogen-bond donors (Lipinski definition) is 0. The maximum atomic E-state index is 12.6. The number of ether oxygens (including phenoxy) is 1. The molecule has 3 nitrogen and oxygen atoms in total. The third-order valence-electron chi connectivity index (χ3n) is 4.69. The van der Waals surface area contributed by atoms with Crippen LogP contribution < -0.4 is 9.64 Å². The van der Waals surface area contributed by atoms with Gasteiger partial charge in [0, 0.05) is 12.2 Å². The van der Waals surface area contributed by atoms with Gasteiger partial charge in [-0.05, 0) is 54.3 Å². The minimum Gasteiger partial charge on any atom is -0.423 e. The topological polar surface area (TPSA) is 29.5 Å². The summed E-state index contributed by atoms with van der Waals surface area (Å²) in [5.41, 5.74) is 3.15. The average molecular weight is 359 g/mol. The number of rotatable bonds is 2. The minimum absolute atomic E-state index is 0.0992. The van der Waals surface area contributed by atoms with Gasteiger partial charge in [0.15, 0.2) is 0 Å². The van der Waals surface area contributed by atoms with Crippen LogP contribution in [0.3, 0.4) is 0 Å². The molecule has 4 rings (SSSR count). The number of nitrogens with zero attached hydrogens (tertiary/aromatic N) is 1. The minimum atomic E-state index is -4.41. The lowest BCUT2D eigenvalue weighted by molar-refractivity contribution is -0.137. The van der Waals surface area contributed by atoms with E-state index in [1.54, 1.807) is 0 Å². The third-order valence-corrected chi connectivity index (χ3v) is 4.69. The van der Waals surface area contributed by atoms with E-state index in [-0.39, 0.29) is 5.75 Å². The molecule has 0 unspecified atom stereocenters. The van der Waals surface area contributed by atoms with Crippen molar-refractivity contribution < 1.29 is 22.7 Å². The molecule has 0 fully saturated rings. The van der Waals surface area contributed by atoms with Gasteiger partial charge in [0.2, 0.25) is 0 Å². The zero-order valence-electron chi connectivity index (χ0n) is 13.8. The van der Waals surface area contributed by atoms with Crippen LogP contribution in [0.15, 0.2) is 48.0 Å². The number of halogens is 3. The Morgan fingerprint density at radius 1 is 1.08 bits per heavy atom. The van der Waals surface area contributed by atoms with Crippen LogP contribution in [0.5, 0.6) is 5.75 Å². The highest BCUT2D eigenvalue weighted by Gasteiger charge is 2.30. The molecule has 0 saturated heterocycles. The number of hydrogen-bond acceptors (Lipinski definition) is 3. The first-order valence-corrected chi connectivity index (χ1v) is 8.39. The molecule has 2 aliphatic heterocycles. The predicted molar refractivity (Wildman–Crippen MR) is 92.0 cm³/mol. The molecule has 2 aliphatic rings. The van der Waals surface area contributed by atoms with Crippen LogP contribution in [0.2, 0.25) is 0 Å². The second-order valence-electron chi connectivity index (χ2n) is 6.46. The van der Waals surface area contributed by atoms with Crippen molar-refractivity contribution >= 4 is 17.7 Å². The monoisotopic (exact) mass is 359 g/mol. The van der Waals surface area contributed by atoms with E-state index in [0.29, 0.717) is 12.1 Å². The summed E-state index contributed by atoms with van der Waals surface area (Å²) in [6.45, 7) is 1.32. The lowest BCUT2D eigenvalue weighted by atomic mass is 9.93. The van der Waals surface area contributed by atoms with Crippen molar-refractivity contribution in [2.45, 2.75) is 19.0 Å². The highest BCUT2D eigenvalue weighted by Crippen LogP contribution is 2.36. The fourth-order valence-electron chi connectivity index (χ4n) is 3.49. The fourth-order valence-corrected chi connectivity index (χ4v) is 3.49.